The summed E-state index contributed by atoms with van der Waals surface area (Å²) in [4.78, 5) is 17.0. The van der Waals surface area contributed by atoms with Gasteiger partial charge in [-0.1, -0.05) is 28.1 Å². The fourth-order valence-electron chi connectivity index (χ4n) is 4.09. The lowest BCUT2D eigenvalue weighted by Gasteiger charge is -2.23. The van der Waals surface area contributed by atoms with Gasteiger partial charge in [0.15, 0.2) is 0 Å². The molecule has 1 amide bonds. The molecule has 0 saturated heterocycles. The fourth-order valence-corrected chi connectivity index (χ4v) is 4.48. The number of fused-ring (bicyclic) bond motifs is 2. The van der Waals surface area contributed by atoms with E-state index in [0.717, 1.165) is 65.5 Å². The molecule has 3 aromatic rings. The Morgan fingerprint density at radius 1 is 1.30 bits per heavy atom. The van der Waals surface area contributed by atoms with Gasteiger partial charge >= 0.3 is 6.09 Å². The number of ether oxygens (including phenoxy) is 2. The van der Waals surface area contributed by atoms with Crippen LogP contribution in [-0.4, -0.2) is 38.2 Å². The Bertz CT molecular complexity index is 1120. The van der Waals surface area contributed by atoms with E-state index in [1.54, 1.807) is 6.33 Å². The molecule has 0 aliphatic carbocycles. The van der Waals surface area contributed by atoms with Crippen molar-refractivity contribution in [3.05, 3.63) is 47.9 Å². The number of carbonyl (C=O) groups is 1. The lowest BCUT2D eigenvalue weighted by atomic mass is 9.99. The predicted molar refractivity (Wildman–Crippen MR) is 132 cm³/mol. The van der Waals surface area contributed by atoms with Crippen molar-refractivity contribution in [3.8, 4) is 17.0 Å². The first-order chi connectivity index (χ1) is 15.8. The molecular formula is C25H31BrN4O3. The topological polar surface area (TPSA) is 77.8 Å². The van der Waals surface area contributed by atoms with Crippen molar-refractivity contribution in [2.75, 3.05) is 11.9 Å². The Morgan fingerprint density at radius 2 is 2.15 bits per heavy atom. The third-order valence-corrected chi connectivity index (χ3v) is 6.12. The Kier molecular flexibility index (Phi) is 7.22. The Balaban J connectivity index is 1.61. The standard InChI is InChI=1S/C25H31BrN4O3/c1-25(2,3)33-24(31)29-20-8-6-12-32-22-14-18(9-10-19(20)22)23-21-13-17(7-4-5-11-26)15-30(21)28-16-27-23/h9-10,13-16,20H,4-8,11-12H2,1-3H3,(H,29,31). The number of hydrogen-bond donors (Lipinski definition) is 1. The van der Waals surface area contributed by atoms with Gasteiger partial charge in [-0.05, 0) is 70.6 Å². The SMILES string of the molecule is CC(C)(C)OC(=O)NC1CCCOc2cc(-c3ncnn4cc(CCCCBr)cc34)ccc21. The number of nitrogens with zero attached hydrogens (tertiary/aromatic N) is 3. The summed E-state index contributed by atoms with van der Waals surface area (Å²) >= 11 is 3.50. The first-order valence-corrected chi connectivity index (χ1v) is 12.6. The number of unbranched alkanes of at least 4 members (excludes halogenated alkanes) is 1. The number of aromatic nitrogens is 3. The van der Waals surface area contributed by atoms with Crippen LogP contribution >= 0.6 is 15.9 Å². The molecule has 0 saturated carbocycles. The molecule has 8 heteroatoms. The van der Waals surface area contributed by atoms with E-state index >= 15 is 0 Å². The van der Waals surface area contributed by atoms with Crippen molar-refractivity contribution in [1.82, 2.24) is 19.9 Å². The van der Waals surface area contributed by atoms with Crippen LogP contribution in [0, 0.1) is 0 Å². The molecule has 1 unspecified atom stereocenters. The van der Waals surface area contributed by atoms with Crippen molar-refractivity contribution in [3.63, 3.8) is 0 Å². The van der Waals surface area contributed by atoms with Gasteiger partial charge in [-0.25, -0.2) is 14.3 Å². The maximum absolute atomic E-state index is 12.4. The minimum atomic E-state index is -0.541. The molecule has 33 heavy (non-hydrogen) atoms. The number of alkyl carbamates (subject to hydrolysis) is 1. The fraction of sp³-hybridized carbons (Fsp3) is 0.480. The molecule has 1 N–H and O–H groups in total. The van der Waals surface area contributed by atoms with Gasteiger partial charge in [0.1, 0.15) is 17.7 Å². The first-order valence-electron chi connectivity index (χ1n) is 11.5. The van der Waals surface area contributed by atoms with Gasteiger partial charge < -0.3 is 14.8 Å². The van der Waals surface area contributed by atoms with E-state index in [-0.39, 0.29) is 6.04 Å². The monoisotopic (exact) mass is 514 g/mol. The average Bonchev–Trinajstić information content (AvgIpc) is 3.07. The number of amides is 1. The molecular weight excluding hydrogens is 484 g/mol. The second kappa shape index (κ2) is 10.1. The molecule has 1 aromatic carbocycles. The zero-order valence-corrected chi connectivity index (χ0v) is 21.0. The summed E-state index contributed by atoms with van der Waals surface area (Å²) in [5, 5.41) is 8.43. The molecule has 0 radical (unpaired) electrons. The van der Waals surface area contributed by atoms with Gasteiger partial charge in [-0.3, -0.25) is 0 Å². The molecule has 0 bridgehead atoms. The van der Waals surface area contributed by atoms with Crippen molar-refractivity contribution >= 4 is 27.5 Å². The summed E-state index contributed by atoms with van der Waals surface area (Å²) in [6.07, 6.45) is 8.18. The first kappa shape index (κ1) is 23.5. The number of halogens is 1. The van der Waals surface area contributed by atoms with Gasteiger partial charge in [0.25, 0.3) is 0 Å². The van der Waals surface area contributed by atoms with Gasteiger partial charge in [-0.15, -0.1) is 0 Å². The Labute approximate surface area is 203 Å². The van der Waals surface area contributed by atoms with Gasteiger partial charge in [0.05, 0.1) is 23.9 Å². The van der Waals surface area contributed by atoms with Gasteiger partial charge in [0.2, 0.25) is 0 Å². The number of rotatable bonds is 6. The third-order valence-electron chi connectivity index (χ3n) is 5.56. The van der Waals surface area contributed by atoms with Crippen LogP contribution in [0.4, 0.5) is 4.79 Å². The molecule has 4 rings (SSSR count). The minimum Gasteiger partial charge on any atom is -0.493 e. The molecule has 1 aliphatic heterocycles. The van der Waals surface area contributed by atoms with Crippen LogP contribution in [0.1, 0.15) is 63.6 Å². The quantitative estimate of drug-likeness (QED) is 0.329. The minimum absolute atomic E-state index is 0.161. The molecule has 0 spiro atoms. The summed E-state index contributed by atoms with van der Waals surface area (Å²) in [7, 11) is 0. The molecule has 0 fully saturated rings. The van der Waals surface area contributed by atoms with Crippen molar-refractivity contribution in [1.29, 1.82) is 0 Å². The maximum atomic E-state index is 12.4. The largest absolute Gasteiger partial charge is 0.493 e. The molecule has 2 aromatic heterocycles. The van der Waals surface area contributed by atoms with Crippen LogP contribution in [0.2, 0.25) is 0 Å². The van der Waals surface area contributed by atoms with Gasteiger partial charge in [0, 0.05) is 22.7 Å². The number of nitrogens with one attached hydrogen (secondary N) is 1. The van der Waals surface area contributed by atoms with Gasteiger partial charge in [-0.2, -0.15) is 5.10 Å². The average molecular weight is 515 g/mol. The number of hydrogen-bond acceptors (Lipinski definition) is 5. The van der Waals surface area contributed by atoms with E-state index in [2.05, 4.69) is 43.6 Å². The highest BCUT2D eigenvalue weighted by atomic mass is 79.9. The molecule has 1 atom stereocenters. The lowest BCUT2D eigenvalue weighted by molar-refractivity contribution is 0.0501. The van der Waals surface area contributed by atoms with Crippen LogP contribution in [0.15, 0.2) is 36.8 Å². The summed E-state index contributed by atoms with van der Waals surface area (Å²) in [6, 6.07) is 8.09. The van der Waals surface area contributed by atoms with Crippen molar-refractivity contribution < 1.29 is 14.3 Å². The number of benzene rings is 1. The predicted octanol–water partition coefficient (Wildman–Crippen LogP) is 5.85. The van der Waals surface area contributed by atoms with Crippen LogP contribution in [0.5, 0.6) is 5.75 Å². The van der Waals surface area contributed by atoms with Crippen LogP contribution in [0.3, 0.4) is 0 Å². The molecule has 3 heterocycles. The maximum Gasteiger partial charge on any atom is 0.408 e. The summed E-state index contributed by atoms with van der Waals surface area (Å²) < 4.78 is 13.4. The van der Waals surface area contributed by atoms with Crippen molar-refractivity contribution in [2.45, 2.75) is 64.5 Å². The van der Waals surface area contributed by atoms with Crippen molar-refractivity contribution in [2.24, 2.45) is 0 Å². The van der Waals surface area contributed by atoms with Crippen LogP contribution in [0.25, 0.3) is 16.8 Å². The molecule has 7 nitrogen and oxygen atoms in total. The summed E-state index contributed by atoms with van der Waals surface area (Å²) in [5.74, 6) is 0.770. The highest BCUT2D eigenvalue weighted by Gasteiger charge is 2.25. The van der Waals surface area contributed by atoms with E-state index in [1.807, 2.05) is 43.5 Å². The van der Waals surface area contributed by atoms with Crippen LogP contribution in [-0.2, 0) is 11.2 Å². The smallest absolute Gasteiger partial charge is 0.408 e. The third kappa shape index (κ3) is 5.85. The van der Waals surface area contributed by atoms with E-state index in [9.17, 15) is 4.79 Å². The van der Waals surface area contributed by atoms with E-state index < -0.39 is 11.7 Å². The van der Waals surface area contributed by atoms with E-state index in [4.69, 9.17) is 9.47 Å². The van der Waals surface area contributed by atoms with E-state index in [0.29, 0.717) is 6.61 Å². The molecule has 176 valence electrons. The van der Waals surface area contributed by atoms with E-state index in [1.165, 1.54) is 5.56 Å². The summed E-state index contributed by atoms with van der Waals surface area (Å²) in [6.45, 7) is 6.19. The molecule has 1 aliphatic rings. The highest BCUT2D eigenvalue weighted by Crippen LogP contribution is 2.36. The normalized spacial score (nSPS) is 16.1. The second-order valence-corrected chi connectivity index (χ2v) is 10.2. The number of aryl methyl sites for hydroxylation is 1. The zero-order chi connectivity index (χ0) is 23.4. The lowest BCUT2D eigenvalue weighted by Crippen LogP contribution is -2.34. The Hall–Kier alpha value is -2.61. The number of alkyl halides is 1. The van der Waals surface area contributed by atoms with Crippen LogP contribution < -0.4 is 10.1 Å². The number of carbonyl (C=O) groups excluding carboxylic acids is 1. The second-order valence-electron chi connectivity index (χ2n) is 9.38. The zero-order valence-electron chi connectivity index (χ0n) is 19.4. The highest BCUT2D eigenvalue weighted by molar-refractivity contribution is 9.09. The Morgan fingerprint density at radius 3 is 2.94 bits per heavy atom. The summed E-state index contributed by atoms with van der Waals surface area (Å²) in [5.41, 5.74) is 4.47.